The van der Waals surface area contributed by atoms with Crippen molar-refractivity contribution >= 4 is 29.1 Å². The summed E-state index contributed by atoms with van der Waals surface area (Å²) in [5.74, 6) is -0.146. The smallest absolute Gasteiger partial charge is 0.237 e. The highest BCUT2D eigenvalue weighted by Gasteiger charge is 2.17. The van der Waals surface area contributed by atoms with Gasteiger partial charge in [-0.25, -0.2) is 0 Å². The van der Waals surface area contributed by atoms with Crippen LogP contribution < -0.4 is 11.1 Å². The fourth-order valence-electron chi connectivity index (χ4n) is 1.81. The van der Waals surface area contributed by atoms with Gasteiger partial charge in [0.25, 0.3) is 0 Å². The van der Waals surface area contributed by atoms with Crippen molar-refractivity contribution in [2.24, 2.45) is 5.73 Å². The lowest BCUT2D eigenvalue weighted by molar-refractivity contribution is -0.123. The second-order valence-corrected chi connectivity index (χ2v) is 5.49. The van der Waals surface area contributed by atoms with Crippen LogP contribution in [0.4, 0.5) is 0 Å². The molecule has 1 aromatic rings. The molecule has 3 nitrogen and oxygen atoms in total. The Kier molecular flexibility index (Phi) is 6.63. The minimum absolute atomic E-state index is 0.146. The van der Waals surface area contributed by atoms with E-state index in [-0.39, 0.29) is 11.9 Å². The largest absolute Gasteiger partial charge is 0.348 e. The molecule has 1 amide bonds. The maximum atomic E-state index is 11.9. The predicted molar refractivity (Wildman–Crippen MR) is 80.5 cm³/mol. The van der Waals surface area contributed by atoms with Crippen LogP contribution in [-0.4, -0.2) is 11.9 Å². The first-order valence-electron chi connectivity index (χ1n) is 6.46. The van der Waals surface area contributed by atoms with Gasteiger partial charge in [-0.05, 0) is 31.0 Å². The molecule has 1 aromatic carbocycles. The van der Waals surface area contributed by atoms with Crippen LogP contribution >= 0.6 is 23.2 Å². The molecule has 0 fully saturated rings. The summed E-state index contributed by atoms with van der Waals surface area (Å²) in [6.07, 6.45) is 2.67. The highest BCUT2D eigenvalue weighted by Crippen LogP contribution is 2.26. The zero-order valence-electron chi connectivity index (χ0n) is 11.2. The third kappa shape index (κ3) is 5.01. The van der Waals surface area contributed by atoms with E-state index in [2.05, 4.69) is 12.2 Å². The van der Waals surface area contributed by atoms with Crippen molar-refractivity contribution in [3.8, 4) is 0 Å². The van der Waals surface area contributed by atoms with Gasteiger partial charge >= 0.3 is 0 Å². The van der Waals surface area contributed by atoms with Gasteiger partial charge in [0.05, 0.1) is 12.1 Å². The molecule has 0 saturated heterocycles. The highest BCUT2D eigenvalue weighted by molar-refractivity contribution is 6.35. The van der Waals surface area contributed by atoms with Crippen LogP contribution in [0.2, 0.25) is 10.0 Å². The number of benzene rings is 1. The second kappa shape index (κ2) is 7.73. The van der Waals surface area contributed by atoms with Crippen molar-refractivity contribution < 1.29 is 4.79 Å². The number of carbonyl (C=O) groups is 1. The molecular weight excluding hydrogens is 283 g/mol. The van der Waals surface area contributed by atoms with Gasteiger partial charge in [-0.3, -0.25) is 4.79 Å². The second-order valence-electron chi connectivity index (χ2n) is 4.64. The van der Waals surface area contributed by atoms with Crippen LogP contribution in [0, 0.1) is 0 Å². The van der Waals surface area contributed by atoms with Gasteiger partial charge < -0.3 is 11.1 Å². The molecule has 0 aromatic heterocycles. The molecule has 0 radical (unpaired) electrons. The molecule has 0 aliphatic carbocycles. The molecule has 1 unspecified atom stereocenters. The Balaban J connectivity index is 2.63. The Labute approximate surface area is 124 Å². The average Bonchev–Trinajstić information content (AvgIpc) is 2.35. The molecule has 0 saturated carbocycles. The van der Waals surface area contributed by atoms with Gasteiger partial charge in [0, 0.05) is 10.0 Å². The number of rotatable bonds is 6. The molecule has 0 heterocycles. The van der Waals surface area contributed by atoms with Crippen LogP contribution in [0.15, 0.2) is 18.2 Å². The van der Waals surface area contributed by atoms with Crippen LogP contribution in [-0.2, 0) is 4.79 Å². The molecule has 0 aliphatic rings. The molecule has 3 N–H and O–H groups in total. The topological polar surface area (TPSA) is 55.1 Å². The minimum Gasteiger partial charge on any atom is -0.348 e. The minimum atomic E-state index is -0.464. The SMILES string of the molecule is CCCC[C@H](N)C(=O)NC(C)c1ccc(Cl)cc1Cl. The van der Waals surface area contributed by atoms with Gasteiger partial charge in [0.2, 0.25) is 5.91 Å². The number of hydrogen-bond acceptors (Lipinski definition) is 2. The third-order valence-corrected chi connectivity index (χ3v) is 3.56. The Hall–Kier alpha value is -0.770. The number of amides is 1. The Bertz CT molecular complexity index is 437. The first-order valence-corrected chi connectivity index (χ1v) is 7.22. The average molecular weight is 303 g/mol. The fourth-order valence-corrected chi connectivity index (χ4v) is 2.38. The van der Waals surface area contributed by atoms with E-state index < -0.39 is 6.04 Å². The Morgan fingerprint density at radius 1 is 1.42 bits per heavy atom. The van der Waals surface area contributed by atoms with Crippen LogP contribution in [0.3, 0.4) is 0 Å². The molecule has 1 rings (SSSR count). The molecule has 0 spiro atoms. The zero-order valence-corrected chi connectivity index (χ0v) is 12.8. The first-order chi connectivity index (χ1) is 8.95. The van der Waals surface area contributed by atoms with Gasteiger partial charge in [-0.15, -0.1) is 0 Å². The molecule has 0 aliphatic heterocycles. The summed E-state index contributed by atoms with van der Waals surface area (Å²) in [6.45, 7) is 3.94. The quantitative estimate of drug-likeness (QED) is 0.842. The Morgan fingerprint density at radius 2 is 2.11 bits per heavy atom. The lowest BCUT2D eigenvalue weighted by atomic mass is 10.1. The number of halogens is 2. The fraction of sp³-hybridized carbons (Fsp3) is 0.500. The van der Waals surface area contributed by atoms with Crippen LogP contribution in [0.25, 0.3) is 0 Å². The summed E-state index contributed by atoms with van der Waals surface area (Å²) in [5, 5.41) is 3.99. The standard InChI is InChI=1S/C14H20Cl2N2O/c1-3-4-5-13(17)14(19)18-9(2)11-7-6-10(15)8-12(11)16/h6-9,13H,3-5,17H2,1-2H3,(H,18,19)/t9?,13-/m0/s1. The number of hydrogen-bond donors (Lipinski definition) is 2. The van der Waals surface area contributed by atoms with Crippen molar-refractivity contribution in [2.75, 3.05) is 0 Å². The maximum absolute atomic E-state index is 11.9. The molecule has 19 heavy (non-hydrogen) atoms. The van der Waals surface area contributed by atoms with Crippen molar-refractivity contribution in [1.82, 2.24) is 5.32 Å². The lowest BCUT2D eigenvalue weighted by Crippen LogP contribution is -2.41. The number of carbonyl (C=O) groups excluding carboxylic acids is 1. The summed E-state index contributed by atoms with van der Waals surface area (Å²) in [6, 6.07) is 4.58. The summed E-state index contributed by atoms with van der Waals surface area (Å²) < 4.78 is 0. The number of nitrogens with two attached hydrogens (primary N) is 1. The van der Waals surface area contributed by atoms with Gasteiger partial charge in [-0.1, -0.05) is 49.0 Å². The number of unbranched alkanes of at least 4 members (excludes halogenated alkanes) is 1. The van der Waals surface area contributed by atoms with E-state index in [1.54, 1.807) is 12.1 Å². The molecule has 5 heteroatoms. The van der Waals surface area contributed by atoms with Crippen molar-refractivity contribution in [3.05, 3.63) is 33.8 Å². The van der Waals surface area contributed by atoms with E-state index >= 15 is 0 Å². The zero-order chi connectivity index (χ0) is 14.4. The summed E-state index contributed by atoms with van der Waals surface area (Å²) in [4.78, 5) is 11.9. The van der Waals surface area contributed by atoms with Gasteiger partial charge in [-0.2, -0.15) is 0 Å². The Morgan fingerprint density at radius 3 is 2.68 bits per heavy atom. The van der Waals surface area contributed by atoms with Crippen molar-refractivity contribution in [3.63, 3.8) is 0 Å². The van der Waals surface area contributed by atoms with E-state index in [4.69, 9.17) is 28.9 Å². The summed E-state index contributed by atoms with van der Waals surface area (Å²) in [5.41, 5.74) is 6.66. The van der Waals surface area contributed by atoms with E-state index in [1.807, 2.05) is 13.0 Å². The third-order valence-electron chi connectivity index (χ3n) is 2.99. The molecule has 2 atom stereocenters. The van der Waals surface area contributed by atoms with E-state index in [0.717, 1.165) is 18.4 Å². The molecule has 106 valence electrons. The van der Waals surface area contributed by atoms with Crippen LogP contribution in [0.1, 0.15) is 44.7 Å². The first kappa shape index (κ1) is 16.3. The van der Waals surface area contributed by atoms with E-state index in [1.165, 1.54) is 0 Å². The maximum Gasteiger partial charge on any atom is 0.237 e. The highest BCUT2D eigenvalue weighted by atomic mass is 35.5. The summed E-state index contributed by atoms with van der Waals surface area (Å²) >= 11 is 11.9. The van der Waals surface area contributed by atoms with E-state index in [0.29, 0.717) is 16.5 Å². The monoisotopic (exact) mass is 302 g/mol. The van der Waals surface area contributed by atoms with Gasteiger partial charge in [0.15, 0.2) is 0 Å². The molecular formula is C14H20Cl2N2O. The molecule has 0 bridgehead atoms. The normalized spacial score (nSPS) is 13.9. The van der Waals surface area contributed by atoms with E-state index in [9.17, 15) is 4.79 Å². The summed E-state index contributed by atoms with van der Waals surface area (Å²) in [7, 11) is 0. The van der Waals surface area contributed by atoms with Crippen LogP contribution in [0.5, 0.6) is 0 Å². The van der Waals surface area contributed by atoms with Gasteiger partial charge in [0.1, 0.15) is 0 Å². The number of nitrogens with one attached hydrogen (secondary N) is 1. The van der Waals surface area contributed by atoms with Crippen molar-refractivity contribution in [2.45, 2.75) is 45.2 Å². The lowest BCUT2D eigenvalue weighted by Gasteiger charge is -2.19. The predicted octanol–water partition coefficient (Wildman–Crippen LogP) is 3.69. The van der Waals surface area contributed by atoms with Crippen molar-refractivity contribution in [1.29, 1.82) is 0 Å².